The monoisotopic (exact) mass is 476 g/mol. The second kappa shape index (κ2) is 10.6. The summed E-state index contributed by atoms with van der Waals surface area (Å²) in [6, 6.07) is 14.2. The third-order valence-corrected chi connectivity index (χ3v) is 6.73. The molecule has 2 aromatic rings. The Morgan fingerprint density at radius 3 is 2.21 bits per heavy atom. The number of alkyl halides is 2. The van der Waals surface area contributed by atoms with E-state index in [9.17, 15) is 13.3 Å². The predicted octanol–water partition coefficient (Wildman–Crippen LogP) is 6.52. The summed E-state index contributed by atoms with van der Waals surface area (Å²) in [6.07, 6.45) is 0.768. The zero-order chi connectivity index (χ0) is 20.6. The average molecular weight is 477 g/mol. The molecule has 0 saturated heterocycles. The molecule has 0 atom stereocenters. The first kappa shape index (κ1) is 23.2. The standard InChI is InChI=1S/C20H24BrF2O4P/c1-3-26-28(24,27-4-2)20(22,23)18-11-10-17(14-19(18)21)15-25-13-12-16-8-6-5-7-9-16/h5-11,14H,3-4,12-13,15H2,1-2H3. The first-order valence-corrected chi connectivity index (χ1v) is 11.3. The molecule has 28 heavy (non-hydrogen) atoms. The van der Waals surface area contributed by atoms with Crippen molar-refractivity contribution in [1.29, 1.82) is 0 Å². The van der Waals surface area contributed by atoms with Crippen LogP contribution in [0.5, 0.6) is 0 Å². The van der Waals surface area contributed by atoms with Crippen LogP contribution in [0.15, 0.2) is 53.0 Å². The summed E-state index contributed by atoms with van der Waals surface area (Å²) in [5, 5.41) is 0. The van der Waals surface area contributed by atoms with Crippen LogP contribution in [0.1, 0.15) is 30.5 Å². The summed E-state index contributed by atoms with van der Waals surface area (Å²) in [7, 11) is -4.64. The minimum absolute atomic E-state index is 0.126. The first-order chi connectivity index (χ1) is 13.3. The van der Waals surface area contributed by atoms with Gasteiger partial charge in [-0.15, -0.1) is 0 Å². The maximum atomic E-state index is 14.9. The van der Waals surface area contributed by atoms with E-state index in [4.69, 9.17) is 13.8 Å². The van der Waals surface area contributed by atoms with E-state index in [-0.39, 0.29) is 24.3 Å². The molecule has 4 nitrogen and oxygen atoms in total. The predicted molar refractivity (Wildman–Crippen MR) is 109 cm³/mol. The van der Waals surface area contributed by atoms with Crippen LogP contribution in [0.25, 0.3) is 0 Å². The number of ether oxygens (including phenoxy) is 1. The van der Waals surface area contributed by atoms with Crippen LogP contribution in [0.3, 0.4) is 0 Å². The molecule has 2 aromatic carbocycles. The van der Waals surface area contributed by atoms with Gasteiger partial charge < -0.3 is 13.8 Å². The molecule has 0 fully saturated rings. The molecule has 0 aliphatic carbocycles. The van der Waals surface area contributed by atoms with E-state index in [0.29, 0.717) is 6.61 Å². The van der Waals surface area contributed by atoms with Crippen LogP contribution >= 0.6 is 23.5 Å². The maximum absolute atomic E-state index is 14.9. The molecule has 0 aliphatic heterocycles. The molecule has 0 aromatic heterocycles. The van der Waals surface area contributed by atoms with Crippen molar-refractivity contribution in [2.75, 3.05) is 19.8 Å². The summed E-state index contributed by atoms with van der Waals surface area (Å²) in [5.41, 5.74) is -2.32. The largest absolute Gasteiger partial charge is 0.404 e. The molecule has 0 radical (unpaired) electrons. The van der Waals surface area contributed by atoms with Crippen molar-refractivity contribution < 1.29 is 27.1 Å². The van der Waals surface area contributed by atoms with Gasteiger partial charge in [-0.1, -0.05) is 58.4 Å². The lowest BCUT2D eigenvalue weighted by molar-refractivity contribution is 0.0354. The number of rotatable bonds is 11. The van der Waals surface area contributed by atoms with Gasteiger partial charge in [0.1, 0.15) is 0 Å². The van der Waals surface area contributed by atoms with E-state index in [1.807, 2.05) is 30.3 Å². The molecule has 0 bridgehead atoms. The highest BCUT2D eigenvalue weighted by Gasteiger charge is 2.55. The van der Waals surface area contributed by atoms with Crippen LogP contribution in [-0.2, 0) is 37.0 Å². The Hall–Kier alpha value is -1.11. The zero-order valence-corrected chi connectivity index (χ0v) is 18.3. The van der Waals surface area contributed by atoms with Crippen molar-refractivity contribution in [2.24, 2.45) is 0 Å². The van der Waals surface area contributed by atoms with Gasteiger partial charge in [-0.05, 0) is 37.5 Å². The fraction of sp³-hybridized carbons (Fsp3) is 0.400. The number of benzene rings is 2. The molecular weight excluding hydrogens is 453 g/mol. The van der Waals surface area contributed by atoms with Gasteiger partial charge in [-0.2, -0.15) is 8.78 Å². The summed E-state index contributed by atoms with van der Waals surface area (Å²) in [6.45, 7) is 3.50. The van der Waals surface area contributed by atoms with Crippen LogP contribution in [0, 0.1) is 0 Å². The Kier molecular flexibility index (Phi) is 8.78. The Balaban J connectivity index is 2.05. The van der Waals surface area contributed by atoms with Crippen molar-refractivity contribution in [2.45, 2.75) is 32.5 Å². The zero-order valence-electron chi connectivity index (χ0n) is 15.9. The summed E-state index contributed by atoms with van der Waals surface area (Å²) >= 11 is 3.16. The minimum atomic E-state index is -4.64. The summed E-state index contributed by atoms with van der Waals surface area (Å²) < 4.78 is 57.8. The fourth-order valence-corrected chi connectivity index (χ4v) is 5.00. The van der Waals surface area contributed by atoms with Crippen LogP contribution < -0.4 is 0 Å². The van der Waals surface area contributed by atoms with E-state index in [1.54, 1.807) is 0 Å². The van der Waals surface area contributed by atoms with E-state index < -0.39 is 18.8 Å². The van der Waals surface area contributed by atoms with Crippen LogP contribution in [0.4, 0.5) is 8.78 Å². The Morgan fingerprint density at radius 1 is 1.00 bits per heavy atom. The number of hydrogen-bond donors (Lipinski definition) is 0. The van der Waals surface area contributed by atoms with Crippen molar-refractivity contribution in [3.05, 3.63) is 69.7 Å². The highest BCUT2D eigenvalue weighted by atomic mass is 79.9. The fourth-order valence-electron chi connectivity index (χ4n) is 2.60. The van der Waals surface area contributed by atoms with Crippen molar-refractivity contribution in [3.63, 3.8) is 0 Å². The van der Waals surface area contributed by atoms with Gasteiger partial charge in [0.25, 0.3) is 0 Å². The van der Waals surface area contributed by atoms with E-state index >= 15 is 0 Å². The molecule has 0 unspecified atom stereocenters. The van der Waals surface area contributed by atoms with E-state index in [0.717, 1.165) is 12.0 Å². The Labute approximate surface area is 172 Å². The van der Waals surface area contributed by atoms with E-state index in [2.05, 4.69) is 15.9 Å². The minimum Gasteiger partial charge on any atom is -0.376 e. The number of halogens is 3. The van der Waals surface area contributed by atoms with Gasteiger partial charge >= 0.3 is 13.3 Å². The molecular formula is C20H24BrF2O4P. The summed E-state index contributed by atoms with van der Waals surface area (Å²) in [4.78, 5) is 0. The average Bonchev–Trinajstić information content (AvgIpc) is 2.66. The third-order valence-electron chi connectivity index (χ3n) is 3.95. The lowest BCUT2D eigenvalue weighted by atomic mass is 10.1. The lowest BCUT2D eigenvalue weighted by Gasteiger charge is -2.26. The van der Waals surface area contributed by atoms with E-state index in [1.165, 1.54) is 37.6 Å². The quantitative estimate of drug-likeness (QED) is 0.273. The van der Waals surface area contributed by atoms with Gasteiger partial charge in [0, 0.05) is 10.0 Å². The molecule has 2 rings (SSSR count). The van der Waals surface area contributed by atoms with Crippen molar-refractivity contribution in [1.82, 2.24) is 0 Å². The molecule has 0 spiro atoms. The SMILES string of the molecule is CCOP(=O)(OCC)C(F)(F)c1ccc(COCCc2ccccc2)cc1Br. The van der Waals surface area contributed by atoms with Crippen LogP contribution in [0.2, 0.25) is 0 Å². The highest BCUT2D eigenvalue weighted by molar-refractivity contribution is 9.10. The van der Waals surface area contributed by atoms with Gasteiger partial charge in [0.05, 0.1) is 26.4 Å². The highest BCUT2D eigenvalue weighted by Crippen LogP contribution is 2.67. The second-order valence-electron chi connectivity index (χ2n) is 5.98. The third kappa shape index (κ3) is 5.71. The molecule has 8 heteroatoms. The molecule has 0 aliphatic rings. The first-order valence-electron chi connectivity index (χ1n) is 9.01. The normalized spacial score (nSPS) is 12.3. The van der Waals surface area contributed by atoms with Gasteiger partial charge in [0.15, 0.2) is 0 Å². The van der Waals surface area contributed by atoms with Crippen molar-refractivity contribution in [3.8, 4) is 0 Å². The topological polar surface area (TPSA) is 44.8 Å². The Morgan fingerprint density at radius 2 is 1.64 bits per heavy atom. The molecule has 0 saturated carbocycles. The Bertz CT molecular complexity index is 792. The van der Waals surface area contributed by atoms with Crippen LogP contribution in [-0.4, -0.2) is 19.8 Å². The molecule has 0 N–H and O–H groups in total. The smallest absolute Gasteiger partial charge is 0.376 e. The van der Waals surface area contributed by atoms with Crippen molar-refractivity contribution >= 4 is 23.5 Å². The maximum Gasteiger partial charge on any atom is 0.404 e. The molecule has 0 heterocycles. The number of hydrogen-bond acceptors (Lipinski definition) is 4. The van der Waals surface area contributed by atoms with Gasteiger partial charge in [0.2, 0.25) is 0 Å². The summed E-state index contributed by atoms with van der Waals surface area (Å²) in [5.74, 6) is 0. The van der Waals surface area contributed by atoms with Gasteiger partial charge in [-0.25, -0.2) is 0 Å². The molecule has 154 valence electrons. The van der Waals surface area contributed by atoms with Gasteiger partial charge in [-0.3, -0.25) is 4.57 Å². The lowest BCUT2D eigenvalue weighted by Crippen LogP contribution is -2.19. The second-order valence-corrected chi connectivity index (χ2v) is 8.90. The molecule has 0 amide bonds.